The van der Waals surface area contributed by atoms with Gasteiger partial charge in [0.1, 0.15) is 6.54 Å². The van der Waals surface area contributed by atoms with Gasteiger partial charge >= 0.3 is 12.0 Å². The first-order valence-electron chi connectivity index (χ1n) is 6.75. The predicted octanol–water partition coefficient (Wildman–Crippen LogP) is 2.17. The number of urea groups is 1. The molecular formula is C13H24N2O3S. The molecule has 1 unspecified atom stereocenters. The molecule has 0 aromatic carbocycles. The highest BCUT2D eigenvalue weighted by Gasteiger charge is 2.36. The Balaban J connectivity index is 2.54. The van der Waals surface area contributed by atoms with Crippen LogP contribution in [0.4, 0.5) is 4.79 Å². The number of hydrogen-bond donors (Lipinski definition) is 2. The molecule has 5 nitrogen and oxygen atoms in total. The number of rotatable bonds is 7. The smallest absolute Gasteiger partial charge is 0.323 e. The van der Waals surface area contributed by atoms with Gasteiger partial charge in [-0.1, -0.05) is 13.3 Å². The minimum Gasteiger partial charge on any atom is -0.480 e. The summed E-state index contributed by atoms with van der Waals surface area (Å²) >= 11 is 1.79. The van der Waals surface area contributed by atoms with E-state index in [1.807, 2.05) is 13.8 Å². The van der Waals surface area contributed by atoms with E-state index in [0.717, 1.165) is 19.3 Å². The molecule has 6 heteroatoms. The first-order chi connectivity index (χ1) is 8.94. The molecule has 1 aliphatic rings. The molecule has 0 bridgehead atoms. The second kappa shape index (κ2) is 7.03. The van der Waals surface area contributed by atoms with E-state index >= 15 is 0 Å². The van der Waals surface area contributed by atoms with E-state index in [9.17, 15) is 9.59 Å². The molecule has 1 atom stereocenters. The van der Waals surface area contributed by atoms with Gasteiger partial charge in [-0.2, -0.15) is 11.8 Å². The van der Waals surface area contributed by atoms with Gasteiger partial charge in [-0.25, -0.2) is 4.79 Å². The molecule has 0 radical (unpaired) electrons. The van der Waals surface area contributed by atoms with E-state index in [4.69, 9.17) is 5.11 Å². The van der Waals surface area contributed by atoms with Crippen molar-refractivity contribution in [1.29, 1.82) is 0 Å². The highest BCUT2D eigenvalue weighted by atomic mass is 32.2. The molecule has 0 aromatic rings. The maximum Gasteiger partial charge on any atom is 0.323 e. The quantitative estimate of drug-likeness (QED) is 0.753. The first kappa shape index (κ1) is 16.1. The zero-order valence-corrected chi connectivity index (χ0v) is 12.8. The maximum atomic E-state index is 12.1. The number of amides is 2. The third-order valence-corrected chi connectivity index (χ3v) is 5.37. The van der Waals surface area contributed by atoms with Crippen LogP contribution in [-0.4, -0.2) is 52.1 Å². The van der Waals surface area contributed by atoms with Crippen LogP contribution in [0.2, 0.25) is 0 Å². The van der Waals surface area contributed by atoms with Gasteiger partial charge in [0.2, 0.25) is 0 Å². The minimum atomic E-state index is -0.973. The van der Waals surface area contributed by atoms with E-state index < -0.39 is 5.97 Å². The van der Waals surface area contributed by atoms with Crippen LogP contribution in [0.5, 0.6) is 0 Å². The Morgan fingerprint density at radius 3 is 2.47 bits per heavy atom. The Kier molecular flexibility index (Phi) is 5.97. The molecule has 110 valence electrons. The van der Waals surface area contributed by atoms with E-state index in [1.54, 1.807) is 11.8 Å². The zero-order valence-electron chi connectivity index (χ0n) is 11.9. The highest BCUT2D eigenvalue weighted by molar-refractivity contribution is 8.00. The zero-order chi connectivity index (χ0) is 14.5. The van der Waals surface area contributed by atoms with Gasteiger partial charge in [0.05, 0.1) is 0 Å². The van der Waals surface area contributed by atoms with Crippen LogP contribution in [0.3, 0.4) is 0 Å². The lowest BCUT2D eigenvalue weighted by atomic mass is 9.84. The molecule has 0 heterocycles. The van der Waals surface area contributed by atoms with Crippen LogP contribution in [-0.2, 0) is 4.79 Å². The number of carboxylic acid groups (broad SMARTS) is 1. The van der Waals surface area contributed by atoms with Crippen LogP contribution < -0.4 is 5.32 Å². The summed E-state index contributed by atoms with van der Waals surface area (Å²) in [5.41, 5.74) is 0. The summed E-state index contributed by atoms with van der Waals surface area (Å²) in [6.45, 7) is 4.20. The van der Waals surface area contributed by atoms with Gasteiger partial charge in [-0.3, -0.25) is 4.79 Å². The van der Waals surface area contributed by atoms with Crippen LogP contribution in [0.1, 0.15) is 39.5 Å². The molecule has 0 saturated heterocycles. The summed E-state index contributed by atoms with van der Waals surface area (Å²) in [5, 5.41) is 11.8. The van der Waals surface area contributed by atoms with Gasteiger partial charge in [-0.05, 0) is 32.4 Å². The fraction of sp³-hybridized carbons (Fsp3) is 0.846. The number of nitrogens with zero attached hydrogens (tertiary/aromatic N) is 1. The van der Waals surface area contributed by atoms with E-state index in [2.05, 4.69) is 11.6 Å². The Bertz CT molecular complexity index is 326. The minimum absolute atomic E-state index is 0.0669. The standard InChI is InChI=1S/C13H24N2O3S/c1-4-10(2)15(8-11(16)17)12(18)14-9-13(19-3)6-5-7-13/h10H,4-9H2,1-3H3,(H,14,18)(H,16,17). The average Bonchev–Trinajstić information content (AvgIpc) is 2.33. The summed E-state index contributed by atoms with van der Waals surface area (Å²) in [6, 6.07) is -0.334. The molecule has 2 amide bonds. The molecule has 1 rings (SSSR count). The van der Waals surface area contributed by atoms with Crippen molar-refractivity contribution in [3.63, 3.8) is 0 Å². The van der Waals surface area contributed by atoms with Crippen molar-refractivity contribution in [1.82, 2.24) is 10.2 Å². The summed E-state index contributed by atoms with van der Waals surface area (Å²) < 4.78 is 0.167. The van der Waals surface area contributed by atoms with Crippen molar-refractivity contribution in [2.75, 3.05) is 19.3 Å². The normalized spacial score (nSPS) is 18.3. The Morgan fingerprint density at radius 1 is 1.47 bits per heavy atom. The van der Waals surface area contributed by atoms with Gasteiger partial charge < -0.3 is 15.3 Å². The van der Waals surface area contributed by atoms with Gasteiger partial charge in [0, 0.05) is 17.3 Å². The summed E-state index contributed by atoms with van der Waals surface area (Å²) in [7, 11) is 0. The third-order valence-electron chi connectivity index (χ3n) is 3.95. The van der Waals surface area contributed by atoms with Gasteiger partial charge in [-0.15, -0.1) is 0 Å². The van der Waals surface area contributed by atoms with E-state index in [1.165, 1.54) is 11.3 Å². The first-order valence-corrected chi connectivity index (χ1v) is 7.98. The molecule has 2 N–H and O–H groups in total. The lowest BCUT2D eigenvalue weighted by Gasteiger charge is -2.41. The summed E-state index contributed by atoms with van der Waals surface area (Å²) in [6.07, 6.45) is 6.26. The lowest BCUT2D eigenvalue weighted by molar-refractivity contribution is -0.138. The topological polar surface area (TPSA) is 69.6 Å². The summed E-state index contributed by atoms with van der Waals surface area (Å²) in [4.78, 5) is 24.4. The van der Waals surface area contributed by atoms with Crippen molar-refractivity contribution in [3.05, 3.63) is 0 Å². The molecule has 19 heavy (non-hydrogen) atoms. The number of aliphatic carboxylic acids is 1. The van der Waals surface area contributed by atoms with Crippen molar-refractivity contribution in [2.45, 2.75) is 50.3 Å². The Morgan fingerprint density at radius 2 is 2.11 bits per heavy atom. The van der Waals surface area contributed by atoms with Crippen molar-refractivity contribution < 1.29 is 14.7 Å². The molecular weight excluding hydrogens is 264 g/mol. The van der Waals surface area contributed by atoms with Crippen LogP contribution >= 0.6 is 11.8 Å². The molecule has 0 aliphatic heterocycles. The Labute approximate surface area is 119 Å². The molecule has 0 aromatic heterocycles. The second-order valence-electron chi connectivity index (χ2n) is 5.18. The molecule has 1 saturated carbocycles. The largest absolute Gasteiger partial charge is 0.480 e. The highest BCUT2D eigenvalue weighted by Crippen LogP contribution is 2.42. The number of carbonyl (C=O) groups excluding carboxylic acids is 1. The monoisotopic (exact) mass is 288 g/mol. The third kappa shape index (κ3) is 4.30. The number of nitrogens with one attached hydrogen (secondary N) is 1. The predicted molar refractivity (Wildman–Crippen MR) is 77.6 cm³/mol. The maximum absolute atomic E-state index is 12.1. The second-order valence-corrected chi connectivity index (χ2v) is 6.45. The van der Waals surface area contributed by atoms with Crippen molar-refractivity contribution >= 4 is 23.8 Å². The SMILES string of the molecule is CCC(C)N(CC(=O)O)C(=O)NCC1(SC)CCC1. The molecule has 0 spiro atoms. The Hall–Kier alpha value is -0.910. The molecule has 1 fully saturated rings. The van der Waals surface area contributed by atoms with Crippen molar-refractivity contribution in [3.8, 4) is 0 Å². The van der Waals surface area contributed by atoms with Crippen LogP contribution in [0.15, 0.2) is 0 Å². The lowest BCUT2D eigenvalue weighted by Crippen LogP contribution is -2.52. The number of thioether (sulfide) groups is 1. The van der Waals surface area contributed by atoms with Crippen molar-refractivity contribution in [2.24, 2.45) is 0 Å². The number of carboxylic acids is 1. The summed E-state index contributed by atoms with van der Waals surface area (Å²) in [5.74, 6) is -0.973. The van der Waals surface area contributed by atoms with E-state index in [0.29, 0.717) is 6.54 Å². The fourth-order valence-corrected chi connectivity index (χ4v) is 3.07. The average molecular weight is 288 g/mol. The number of hydrogen-bond acceptors (Lipinski definition) is 3. The fourth-order valence-electron chi connectivity index (χ4n) is 2.16. The molecule has 1 aliphatic carbocycles. The number of carbonyl (C=O) groups is 2. The van der Waals surface area contributed by atoms with Gasteiger partial charge in [0.15, 0.2) is 0 Å². The van der Waals surface area contributed by atoms with Crippen LogP contribution in [0.25, 0.3) is 0 Å². The van der Waals surface area contributed by atoms with E-state index in [-0.39, 0.29) is 23.4 Å². The van der Waals surface area contributed by atoms with Crippen LogP contribution in [0, 0.1) is 0 Å². The van der Waals surface area contributed by atoms with Gasteiger partial charge in [0.25, 0.3) is 0 Å².